The van der Waals surface area contributed by atoms with E-state index in [-0.39, 0.29) is 33.7 Å². The van der Waals surface area contributed by atoms with E-state index in [4.69, 9.17) is 14.6 Å². The molecule has 0 aliphatic carbocycles. The van der Waals surface area contributed by atoms with E-state index in [0.29, 0.717) is 0 Å². The largest absolute Gasteiger partial charge is 0.480 e. The Morgan fingerprint density at radius 1 is 1.41 bits per heavy atom. The molecule has 2 aliphatic rings. The van der Waals surface area contributed by atoms with Gasteiger partial charge in [-0.1, -0.05) is 11.8 Å². The van der Waals surface area contributed by atoms with Crippen LogP contribution in [0, 0.1) is 11.7 Å². The predicted molar refractivity (Wildman–Crippen MR) is 108 cm³/mol. The van der Waals surface area contributed by atoms with Crippen LogP contribution in [0.15, 0.2) is 35.6 Å². The van der Waals surface area contributed by atoms with Gasteiger partial charge in [0.1, 0.15) is 17.1 Å². The summed E-state index contributed by atoms with van der Waals surface area (Å²) in [4.78, 5) is 24.2. The maximum atomic E-state index is 14.9. The van der Waals surface area contributed by atoms with Gasteiger partial charge in [0.05, 0.1) is 30.2 Å². The number of hydrogen-bond acceptors (Lipinski definition) is 8. The molecule has 0 bridgehead atoms. The van der Waals surface area contributed by atoms with Crippen LogP contribution in [0.25, 0.3) is 0 Å². The molecule has 2 aromatic rings. The van der Waals surface area contributed by atoms with E-state index < -0.39 is 49.1 Å². The van der Waals surface area contributed by atoms with Gasteiger partial charge in [-0.05, 0) is 18.2 Å². The fourth-order valence-electron chi connectivity index (χ4n) is 3.71. The van der Waals surface area contributed by atoms with E-state index in [2.05, 4.69) is 25.0 Å². The highest BCUT2D eigenvalue weighted by Crippen LogP contribution is 2.52. The van der Waals surface area contributed by atoms with E-state index >= 15 is 0 Å². The molecule has 3 N–H and O–H groups in total. The lowest BCUT2D eigenvalue weighted by atomic mass is 9.78. The number of rotatable bonds is 4. The second-order valence-corrected chi connectivity index (χ2v) is 8.10. The van der Waals surface area contributed by atoms with Crippen molar-refractivity contribution in [1.29, 1.82) is 0 Å². The number of nitrogens with two attached hydrogens (primary N) is 1. The molecule has 1 fully saturated rings. The van der Waals surface area contributed by atoms with Gasteiger partial charge in [0, 0.05) is 22.9 Å². The van der Waals surface area contributed by atoms with Crippen LogP contribution in [-0.4, -0.2) is 52.7 Å². The number of methoxy groups -OCH3 is 1. The molecule has 32 heavy (non-hydrogen) atoms. The number of ether oxygens (including phenoxy) is 2. The summed E-state index contributed by atoms with van der Waals surface area (Å²) < 4.78 is 86.3. The second kappa shape index (κ2) is 8.20. The Labute approximate surface area is 187 Å². The first-order chi connectivity index (χ1) is 16.3. The zero-order valence-corrected chi connectivity index (χ0v) is 16.8. The number of aromatic nitrogens is 2. The van der Waals surface area contributed by atoms with Crippen LogP contribution in [0.4, 0.5) is 23.2 Å². The second-order valence-electron chi connectivity index (χ2n) is 7.06. The van der Waals surface area contributed by atoms with Crippen molar-refractivity contribution in [2.75, 3.05) is 24.7 Å². The van der Waals surface area contributed by atoms with Crippen LogP contribution in [0.2, 0.25) is 0 Å². The molecule has 1 aromatic carbocycles. The van der Waals surface area contributed by atoms with E-state index in [1.807, 2.05) is 0 Å². The molecule has 170 valence electrons. The van der Waals surface area contributed by atoms with Gasteiger partial charge in [-0.3, -0.25) is 4.79 Å². The summed E-state index contributed by atoms with van der Waals surface area (Å²) in [6.45, 7) is -0.548. The third kappa shape index (κ3) is 3.97. The van der Waals surface area contributed by atoms with Crippen molar-refractivity contribution in [1.82, 2.24) is 9.97 Å². The lowest BCUT2D eigenvalue weighted by Gasteiger charge is -2.36. The van der Waals surface area contributed by atoms with Gasteiger partial charge >= 0.3 is 6.18 Å². The number of halogens is 4. The number of thioether (sulfide) groups is 1. The van der Waals surface area contributed by atoms with Gasteiger partial charge in [0.15, 0.2) is 11.3 Å². The normalized spacial score (nSPS) is 26.9. The monoisotopic (exact) mass is 474 g/mol. The molecule has 8 nitrogen and oxygen atoms in total. The summed E-state index contributed by atoms with van der Waals surface area (Å²) in [7, 11) is -2.75. The molecule has 4 rings (SSSR count). The van der Waals surface area contributed by atoms with Crippen molar-refractivity contribution >= 4 is 28.5 Å². The quantitative estimate of drug-likeness (QED) is 0.656. The third-order valence-corrected chi connectivity index (χ3v) is 6.07. The van der Waals surface area contributed by atoms with Crippen LogP contribution in [0.5, 0.6) is 5.88 Å². The highest BCUT2D eigenvalue weighted by Gasteiger charge is 2.62. The zero-order valence-electron chi connectivity index (χ0n) is 19.0. The lowest BCUT2D eigenvalue weighted by Crippen LogP contribution is -2.46. The summed E-state index contributed by atoms with van der Waals surface area (Å²) in [5.41, 5.74) is 3.68. The lowest BCUT2D eigenvalue weighted by molar-refractivity contribution is -0.215. The third-order valence-electron chi connectivity index (χ3n) is 5.16. The number of benzene rings is 1. The van der Waals surface area contributed by atoms with Crippen molar-refractivity contribution in [3.8, 4) is 5.88 Å². The maximum absolute atomic E-state index is 14.9. The fourth-order valence-corrected chi connectivity index (χ4v) is 4.74. The van der Waals surface area contributed by atoms with Crippen LogP contribution < -0.4 is 15.8 Å². The summed E-state index contributed by atoms with van der Waals surface area (Å²) >= 11 is 0.925. The highest BCUT2D eigenvalue weighted by atomic mass is 32.2. The Balaban J connectivity index is 1.61. The van der Waals surface area contributed by atoms with E-state index in [1.165, 1.54) is 12.1 Å². The molecule has 1 aromatic heterocycles. The number of nitrogens with zero attached hydrogens (tertiary/aromatic N) is 3. The van der Waals surface area contributed by atoms with Crippen LogP contribution >= 0.6 is 11.8 Å². The molecule has 3 heterocycles. The van der Waals surface area contributed by atoms with Crippen LogP contribution in [0.1, 0.15) is 20.2 Å². The summed E-state index contributed by atoms with van der Waals surface area (Å²) in [5, 5.41) is 2.45. The Bertz CT molecular complexity index is 1170. The molecule has 1 amide bonds. The highest BCUT2D eigenvalue weighted by molar-refractivity contribution is 8.13. The number of aliphatic imine (C=N–C) groups is 1. The molecule has 0 radical (unpaired) electrons. The molecule has 0 saturated carbocycles. The minimum atomic E-state index is -4.69. The minimum absolute atomic E-state index is 0.00356. The summed E-state index contributed by atoms with van der Waals surface area (Å²) in [6, 6.07) is 3.38. The molecule has 3 atom stereocenters. The number of carbonyl (C=O) groups excluding carboxylic acids is 1. The van der Waals surface area contributed by atoms with Crippen LogP contribution in [0.3, 0.4) is 0 Å². The first-order valence-electron chi connectivity index (χ1n) is 10.6. The number of hydrogen-bond donors (Lipinski definition) is 2. The molecular formula is C19H17F4N5O3S. The number of anilines is 1. The topological polar surface area (TPSA) is 112 Å². The Hall–Kier alpha value is -2.93. The van der Waals surface area contributed by atoms with Crippen molar-refractivity contribution in [2.24, 2.45) is 16.6 Å². The average Bonchev–Trinajstić information content (AvgIpc) is 3.14. The van der Waals surface area contributed by atoms with Crippen molar-refractivity contribution in [2.45, 2.75) is 17.8 Å². The Kier molecular flexibility index (Phi) is 4.77. The van der Waals surface area contributed by atoms with Gasteiger partial charge in [0.25, 0.3) is 5.91 Å². The first-order valence-corrected chi connectivity index (χ1v) is 10.1. The molecular weight excluding hydrogens is 454 g/mol. The fraction of sp³-hybridized carbons (Fsp3) is 0.368. The Morgan fingerprint density at radius 3 is 2.91 bits per heavy atom. The molecule has 0 unspecified atom stereocenters. The molecule has 1 saturated heterocycles. The van der Waals surface area contributed by atoms with Crippen molar-refractivity contribution < 1.29 is 35.9 Å². The van der Waals surface area contributed by atoms with Crippen molar-refractivity contribution in [3.63, 3.8) is 0 Å². The minimum Gasteiger partial charge on any atom is -0.480 e. The molecule has 0 spiro atoms. The first kappa shape index (κ1) is 18.6. The number of amides is 1. The van der Waals surface area contributed by atoms with Crippen molar-refractivity contribution in [3.05, 3.63) is 47.7 Å². The SMILES string of the molecule is [2H]C([2H])([2H])Oc1cnc(C(=O)Nc2ccc(F)c([C@]34CO[C@H](C(F)(F)F)[C@H]3CSC(N)=N4)c2)cn1. The summed E-state index contributed by atoms with van der Waals surface area (Å²) in [6.07, 6.45) is -4.94. The van der Waals surface area contributed by atoms with E-state index in [1.54, 1.807) is 0 Å². The maximum Gasteiger partial charge on any atom is 0.415 e. The smallest absolute Gasteiger partial charge is 0.415 e. The molecule has 13 heteroatoms. The average molecular weight is 474 g/mol. The number of carbonyl (C=O) groups is 1. The van der Waals surface area contributed by atoms with Gasteiger partial charge in [0.2, 0.25) is 5.88 Å². The predicted octanol–water partition coefficient (Wildman–Crippen LogP) is 2.71. The van der Waals surface area contributed by atoms with Gasteiger partial charge in [-0.15, -0.1) is 0 Å². The number of fused-ring (bicyclic) bond motifs is 1. The number of alkyl halides is 3. The Morgan fingerprint density at radius 2 is 2.22 bits per heavy atom. The van der Waals surface area contributed by atoms with E-state index in [0.717, 1.165) is 30.2 Å². The van der Waals surface area contributed by atoms with Crippen LogP contribution in [-0.2, 0) is 10.3 Å². The van der Waals surface area contributed by atoms with E-state index in [9.17, 15) is 22.4 Å². The number of amidine groups is 1. The zero-order chi connectivity index (χ0) is 25.6. The summed E-state index contributed by atoms with van der Waals surface area (Å²) in [5.74, 6) is -3.29. The standard InChI is InChI=1S/C19H17F4N5O3S/c1-30-14-6-25-13(5-26-14)16(29)27-9-2-3-12(20)10(4-9)18-8-31-15(19(21,22)23)11(18)7-32-17(24)28-18/h2-6,11,15H,7-8H2,1H3,(H2,24,28)(H,27,29)/t11-,15+,18-/m1/s1/i1D3. The molecule has 2 aliphatic heterocycles. The van der Waals surface area contributed by atoms with Gasteiger partial charge < -0.3 is 20.5 Å². The van der Waals surface area contributed by atoms with Gasteiger partial charge in [-0.25, -0.2) is 19.4 Å². The van der Waals surface area contributed by atoms with Gasteiger partial charge in [-0.2, -0.15) is 13.2 Å². The number of nitrogens with one attached hydrogen (secondary N) is 1.